The van der Waals surface area contributed by atoms with Gasteiger partial charge in [0, 0.05) is 11.6 Å². The normalized spacial score (nSPS) is 11.7. The van der Waals surface area contributed by atoms with E-state index in [0.717, 1.165) is 0 Å². The van der Waals surface area contributed by atoms with Gasteiger partial charge in [-0.1, -0.05) is 67.0 Å². The molecule has 2 amide bonds. The van der Waals surface area contributed by atoms with Gasteiger partial charge in [0.2, 0.25) is 5.91 Å². The molecule has 0 aliphatic carbocycles. The lowest BCUT2D eigenvalue weighted by molar-refractivity contribution is -0.113. The topological polar surface area (TPSA) is 98.1 Å². The molecule has 2 aromatic carbocycles. The highest BCUT2D eigenvalue weighted by atomic mass is 35.5. The fourth-order valence-electron chi connectivity index (χ4n) is 3.64. The molecule has 0 unspecified atom stereocenters. The van der Waals surface area contributed by atoms with Gasteiger partial charge in [0.25, 0.3) is 5.91 Å². The average Bonchev–Trinajstić information content (AvgIpc) is 3.25. The van der Waals surface area contributed by atoms with Crippen LogP contribution in [0, 0.1) is 5.92 Å². The van der Waals surface area contributed by atoms with Crippen LogP contribution >= 0.6 is 35.0 Å². The van der Waals surface area contributed by atoms with E-state index in [0.29, 0.717) is 51.0 Å². The first-order valence-electron chi connectivity index (χ1n) is 11.6. The molecule has 0 aliphatic heterocycles. The summed E-state index contributed by atoms with van der Waals surface area (Å²) in [5, 5.41) is 15.9. The highest BCUT2D eigenvalue weighted by Crippen LogP contribution is 2.29. The summed E-state index contributed by atoms with van der Waals surface area (Å²) < 4.78 is 7.14. The number of methoxy groups -OCH3 is 1. The number of anilines is 1. The van der Waals surface area contributed by atoms with Gasteiger partial charge >= 0.3 is 0 Å². The number of halogens is 2. The first kappa shape index (κ1) is 28.6. The number of nitrogens with zero attached hydrogens (tertiary/aromatic N) is 3. The van der Waals surface area contributed by atoms with Crippen molar-refractivity contribution >= 4 is 52.5 Å². The zero-order valence-electron chi connectivity index (χ0n) is 20.8. The predicted molar refractivity (Wildman–Crippen MR) is 149 cm³/mol. The average molecular weight is 563 g/mol. The maximum absolute atomic E-state index is 13.0. The molecule has 1 atom stereocenters. The molecule has 0 fully saturated rings. The van der Waals surface area contributed by atoms with Crippen LogP contribution in [0.1, 0.15) is 42.5 Å². The van der Waals surface area contributed by atoms with Crippen LogP contribution in [0.15, 0.2) is 60.3 Å². The van der Waals surface area contributed by atoms with Crippen LogP contribution in [0.4, 0.5) is 5.69 Å². The Kier molecular flexibility index (Phi) is 10.4. The number of thioether (sulfide) groups is 1. The van der Waals surface area contributed by atoms with Gasteiger partial charge in [0.1, 0.15) is 5.75 Å². The highest BCUT2D eigenvalue weighted by molar-refractivity contribution is 7.99. The minimum atomic E-state index is -0.421. The number of hydrogen-bond donors (Lipinski definition) is 2. The van der Waals surface area contributed by atoms with Crippen molar-refractivity contribution in [3.63, 3.8) is 0 Å². The van der Waals surface area contributed by atoms with Crippen molar-refractivity contribution in [1.29, 1.82) is 0 Å². The summed E-state index contributed by atoms with van der Waals surface area (Å²) in [4.78, 5) is 25.7. The Morgan fingerprint density at radius 2 is 1.95 bits per heavy atom. The van der Waals surface area contributed by atoms with E-state index in [1.54, 1.807) is 48.5 Å². The van der Waals surface area contributed by atoms with Crippen LogP contribution in [0.25, 0.3) is 0 Å². The Labute approximate surface area is 230 Å². The van der Waals surface area contributed by atoms with E-state index in [4.69, 9.17) is 27.9 Å². The van der Waals surface area contributed by atoms with E-state index < -0.39 is 6.04 Å². The summed E-state index contributed by atoms with van der Waals surface area (Å²) in [7, 11) is 1.52. The van der Waals surface area contributed by atoms with E-state index in [1.165, 1.54) is 18.9 Å². The summed E-state index contributed by atoms with van der Waals surface area (Å²) >= 11 is 13.5. The van der Waals surface area contributed by atoms with E-state index in [2.05, 4.69) is 41.3 Å². The Balaban J connectivity index is 1.79. The summed E-state index contributed by atoms with van der Waals surface area (Å²) in [5.41, 5.74) is 0.864. The molecule has 0 spiro atoms. The SMILES string of the molecule is C=CCn1c(SCC(=O)Nc2cc(Cl)ccc2OC)nnc1[C@H](CC(C)C)NC(=O)c1ccccc1Cl. The molecule has 0 saturated heterocycles. The second kappa shape index (κ2) is 13.5. The molecule has 0 bridgehead atoms. The van der Waals surface area contributed by atoms with Crippen LogP contribution in [0.3, 0.4) is 0 Å². The minimum absolute atomic E-state index is 0.0752. The van der Waals surface area contributed by atoms with Gasteiger partial charge in [-0.05, 0) is 42.7 Å². The number of amides is 2. The standard InChI is InChI=1S/C26H29Cl2N5O3S/c1-5-12-33-24(21(13-16(2)3)30-25(35)18-8-6-7-9-19(18)28)31-32-26(33)37-15-23(34)29-20-14-17(27)10-11-22(20)36-4/h5-11,14,16,21H,1,12-13,15H2,2-4H3,(H,29,34)(H,30,35)/t21-/m0/s1. The first-order valence-corrected chi connectivity index (χ1v) is 13.3. The van der Waals surface area contributed by atoms with Gasteiger partial charge in [-0.3, -0.25) is 9.59 Å². The molecule has 196 valence electrons. The maximum Gasteiger partial charge on any atom is 0.253 e. The molecule has 8 nitrogen and oxygen atoms in total. The first-order chi connectivity index (χ1) is 17.7. The number of allylic oxidation sites excluding steroid dienone is 1. The van der Waals surface area contributed by atoms with Crippen molar-refractivity contribution in [2.24, 2.45) is 5.92 Å². The van der Waals surface area contributed by atoms with Crippen LogP contribution in [0.5, 0.6) is 5.75 Å². The Morgan fingerprint density at radius 3 is 2.62 bits per heavy atom. The number of aromatic nitrogens is 3. The largest absolute Gasteiger partial charge is 0.495 e. The van der Waals surface area contributed by atoms with Crippen LogP contribution in [-0.2, 0) is 11.3 Å². The zero-order valence-corrected chi connectivity index (χ0v) is 23.2. The summed E-state index contributed by atoms with van der Waals surface area (Å²) in [5.74, 6) is 0.865. The Morgan fingerprint density at radius 1 is 1.19 bits per heavy atom. The number of ether oxygens (including phenoxy) is 1. The fraction of sp³-hybridized carbons (Fsp3) is 0.308. The highest BCUT2D eigenvalue weighted by Gasteiger charge is 2.25. The molecule has 0 saturated carbocycles. The molecule has 1 heterocycles. The molecule has 3 aromatic rings. The van der Waals surface area contributed by atoms with E-state index in [1.807, 2.05) is 4.57 Å². The van der Waals surface area contributed by atoms with Crippen molar-refractivity contribution in [2.75, 3.05) is 18.2 Å². The number of benzene rings is 2. The van der Waals surface area contributed by atoms with Crippen molar-refractivity contribution in [1.82, 2.24) is 20.1 Å². The van der Waals surface area contributed by atoms with Gasteiger partial charge in [0.05, 0.1) is 35.2 Å². The lowest BCUT2D eigenvalue weighted by atomic mass is 10.0. The Hall–Kier alpha value is -3.01. The third-order valence-corrected chi connectivity index (χ3v) is 6.80. The molecule has 0 radical (unpaired) electrons. The quantitative estimate of drug-likeness (QED) is 0.207. The number of carbonyl (C=O) groups is 2. The third kappa shape index (κ3) is 7.74. The van der Waals surface area contributed by atoms with Gasteiger partial charge in [-0.25, -0.2) is 0 Å². The minimum Gasteiger partial charge on any atom is -0.495 e. The van der Waals surface area contributed by atoms with Crippen molar-refractivity contribution in [3.8, 4) is 5.75 Å². The second-order valence-electron chi connectivity index (χ2n) is 8.56. The lowest BCUT2D eigenvalue weighted by Gasteiger charge is -2.21. The number of nitrogens with one attached hydrogen (secondary N) is 2. The lowest BCUT2D eigenvalue weighted by Crippen LogP contribution is -2.32. The van der Waals surface area contributed by atoms with Gasteiger partial charge in [-0.2, -0.15) is 0 Å². The summed E-state index contributed by atoms with van der Waals surface area (Å²) in [6, 6.07) is 11.5. The molecule has 0 aliphatic rings. The van der Waals surface area contributed by atoms with Gasteiger partial charge < -0.3 is 19.9 Å². The molecule has 11 heteroatoms. The van der Waals surface area contributed by atoms with Crippen molar-refractivity contribution < 1.29 is 14.3 Å². The van der Waals surface area contributed by atoms with Crippen LogP contribution < -0.4 is 15.4 Å². The smallest absolute Gasteiger partial charge is 0.253 e. The second-order valence-corrected chi connectivity index (χ2v) is 10.3. The van der Waals surface area contributed by atoms with Crippen LogP contribution in [0.2, 0.25) is 10.0 Å². The maximum atomic E-state index is 13.0. The molecule has 2 N–H and O–H groups in total. The number of rotatable bonds is 12. The van der Waals surface area contributed by atoms with Crippen molar-refractivity contribution in [3.05, 3.63) is 76.6 Å². The van der Waals surface area contributed by atoms with Gasteiger partial charge in [-0.15, -0.1) is 16.8 Å². The van der Waals surface area contributed by atoms with Gasteiger partial charge in [0.15, 0.2) is 11.0 Å². The molecular formula is C26H29Cl2N5O3S. The number of carbonyl (C=O) groups excluding carboxylic acids is 2. The third-order valence-electron chi connectivity index (χ3n) is 5.27. The molecule has 1 aromatic heterocycles. The molecular weight excluding hydrogens is 533 g/mol. The monoisotopic (exact) mass is 561 g/mol. The summed E-state index contributed by atoms with van der Waals surface area (Å²) in [6.07, 6.45) is 2.35. The van der Waals surface area contributed by atoms with E-state index in [-0.39, 0.29) is 23.5 Å². The molecule has 3 rings (SSSR count). The van der Waals surface area contributed by atoms with E-state index >= 15 is 0 Å². The van der Waals surface area contributed by atoms with Crippen LogP contribution in [-0.4, -0.2) is 39.4 Å². The summed E-state index contributed by atoms with van der Waals surface area (Å²) in [6.45, 7) is 8.37. The molecule has 37 heavy (non-hydrogen) atoms. The van der Waals surface area contributed by atoms with E-state index in [9.17, 15) is 9.59 Å². The predicted octanol–water partition coefficient (Wildman–Crippen LogP) is 6.03. The fourth-order valence-corrected chi connectivity index (χ4v) is 4.79. The van der Waals surface area contributed by atoms with Crippen molar-refractivity contribution in [2.45, 2.75) is 38.0 Å². The Bertz CT molecular complexity index is 1260. The number of hydrogen-bond acceptors (Lipinski definition) is 6. The zero-order chi connectivity index (χ0) is 26.9.